The summed E-state index contributed by atoms with van der Waals surface area (Å²) in [5.74, 6) is 0.659. The largest absolute Gasteiger partial charge is 0.496 e. The van der Waals surface area contributed by atoms with E-state index in [0.717, 1.165) is 36.8 Å². The Bertz CT molecular complexity index is 1030. The van der Waals surface area contributed by atoms with Gasteiger partial charge in [-0.3, -0.25) is 4.79 Å². The number of methoxy groups -OCH3 is 1. The number of carbonyl (C=O) groups is 1. The first kappa shape index (κ1) is 20.3. The molecule has 7 nitrogen and oxygen atoms in total. The Morgan fingerprint density at radius 2 is 1.97 bits per heavy atom. The highest BCUT2D eigenvalue weighted by Crippen LogP contribution is 2.34. The van der Waals surface area contributed by atoms with Gasteiger partial charge in [-0.25, -0.2) is 4.68 Å². The number of rotatable bonds is 5. The molecule has 30 heavy (non-hydrogen) atoms. The van der Waals surface area contributed by atoms with Crippen molar-refractivity contribution in [2.75, 3.05) is 14.2 Å². The van der Waals surface area contributed by atoms with E-state index in [1.165, 1.54) is 17.4 Å². The number of hydrogen-bond acceptors (Lipinski definition) is 5. The summed E-state index contributed by atoms with van der Waals surface area (Å²) in [5, 5.41) is 12.0. The fraction of sp³-hybridized carbons (Fsp3) is 0.364. The van der Waals surface area contributed by atoms with E-state index < -0.39 is 0 Å². The average Bonchev–Trinajstić information content (AvgIpc) is 3.33. The molecule has 0 aliphatic heterocycles. The van der Waals surface area contributed by atoms with Crippen molar-refractivity contribution in [3.8, 4) is 22.6 Å². The lowest BCUT2D eigenvalue weighted by molar-refractivity contribution is 0.0696. The minimum atomic E-state index is -0.0148. The number of nitrogens with zero attached hydrogens (tertiary/aromatic N) is 5. The van der Waals surface area contributed by atoms with E-state index in [0.29, 0.717) is 22.0 Å². The number of tetrazole rings is 1. The van der Waals surface area contributed by atoms with Gasteiger partial charge in [0.1, 0.15) is 12.1 Å². The zero-order valence-corrected chi connectivity index (χ0v) is 17.8. The van der Waals surface area contributed by atoms with Gasteiger partial charge in [-0.05, 0) is 65.2 Å². The quantitative estimate of drug-likeness (QED) is 0.605. The van der Waals surface area contributed by atoms with Crippen molar-refractivity contribution in [1.29, 1.82) is 0 Å². The van der Waals surface area contributed by atoms with Crippen LogP contribution in [0.5, 0.6) is 5.75 Å². The molecule has 0 bridgehead atoms. The first-order valence-corrected chi connectivity index (χ1v) is 10.4. The van der Waals surface area contributed by atoms with Crippen LogP contribution >= 0.6 is 11.6 Å². The van der Waals surface area contributed by atoms with Crippen LogP contribution in [0.2, 0.25) is 5.02 Å². The van der Waals surface area contributed by atoms with Crippen LogP contribution in [-0.2, 0) is 0 Å². The fourth-order valence-electron chi connectivity index (χ4n) is 4.05. The second-order valence-corrected chi connectivity index (χ2v) is 8.01. The summed E-state index contributed by atoms with van der Waals surface area (Å²) in [6.45, 7) is 0. The molecule has 0 spiro atoms. The van der Waals surface area contributed by atoms with Gasteiger partial charge in [0.05, 0.1) is 12.8 Å². The molecule has 1 amide bonds. The molecular weight excluding hydrogens is 402 g/mol. The lowest BCUT2D eigenvalue weighted by Gasteiger charge is -2.31. The molecule has 1 saturated carbocycles. The topological polar surface area (TPSA) is 73.1 Å². The summed E-state index contributed by atoms with van der Waals surface area (Å²) >= 11 is 6.25. The molecule has 0 saturated heterocycles. The van der Waals surface area contributed by atoms with Gasteiger partial charge in [-0.1, -0.05) is 30.9 Å². The van der Waals surface area contributed by atoms with Crippen molar-refractivity contribution < 1.29 is 9.53 Å². The number of carbonyl (C=O) groups excluding carboxylic acids is 1. The summed E-state index contributed by atoms with van der Waals surface area (Å²) in [4.78, 5) is 15.3. The zero-order chi connectivity index (χ0) is 21.1. The molecule has 0 radical (unpaired) electrons. The highest BCUT2D eigenvalue weighted by molar-refractivity contribution is 6.31. The third kappa shape index (κ3) is 4.16. The Kier molecular flexibility index (Phi) is 5.99. The first-order valence-electron chi connectivity index (χ1n) is 10.1. The third-order valence-electron chi connectivity index (χ3n) is 5.69. The van der Waals surface area contributed by atoms with Gasteiger partial charge < -0.3 is 9.64 Å². The number of halogens is 1. The SMILES string of the molecule is COc1ccc(Cl)cc1-c1cc(C(=O)N(C)C2CCCCC2)cc(-n2cnnn2)c1. The van der Waals surface area contributed by atoms with Crippen LogP contribution in [0.15, 0.2) is 42.7 Å². The number of amides is 1. The van der Waals surface area contributed by atoms with Gasteiger partial charge in [0.15, 0.2) is 0 Å². The minimum Gasteiger partial charge on any atom is -0.496 e. The molecule has 2 aromatic carbocycles. The van der Waals surface area contributed by atoms with Crippen molar-refractivity contribution >= 4 is 17.5 Å². The average molecular weight is 426 g/mol. The molecule has 3 aromatic rings. The minimum absolute atomic E-state index is 0.0148. The van der Waals surface area contributed by atoms with Crippen LogP contribution in [0.4, 0.5) is 0 Å². The molecule has 1 heterocycles. The smallest absolute Gasteiger partial charge is 0.253 e. The van der Waals surface area contributed by atoms with Gasteiger partial charge in [0, 0.05) is 29.2 Å². The monoisotopic (exact) mass is 425 g/mol. The Balaban J connectivity index is 1.79. The summed E-state index contributed by atoms with van der Waals surface area (Å²) in [6, 6.07) is 11.3. The Hall–Kier alpha value is -2.93. The Morgan fingerprint density at radius 1 is 1.17 bits per heavy atom. The molecule has 0 unspecified atom stereocenters. The molecule has 0 N–H and O–H groups in total. The van der Waals surface area contributed by atoms with E-state index in [2.05, 4.69) is 15.5 Å². The molecule has 0 atom stereocenters. The van der Waals surface area contributed by atoms with Gasteiger partial charge in [0.25, 0.3) is 5.91 Å². The molecule has 156 valence electrons. The summed E-state index contributed by atoms with van der Waals surface area (Å²) in [7, 11) is 3.50. The second kappa shape index (κ2) is 8.83. The van der Waals surface area contributed by atoms with E-state index in [1.807, 2.05) is 42.3 Å². The van der Waals surface area contributed by atoms with Crippen molar-refractivity contribution in [3.63, 3.8) is 0 Å². The summed E-state index contributed by atoms with van der Waals surface area (Å²) in [5.41, 5.74) is 2.88. The third-order valence-corrected chi connectivity index (χ3v) is 5.93. The zero-order valence-electron chi connectivity index (χ0n) is 17.1. The van der Waals surface area contributed by atoms with Crippen LogP contribution in [0.25, 0.3) is 16.8 Å². The van der Waals surface area contributed by atoms with Crippen LogP contribution in [0.3, 0.4) is 0 Å². The van der Waals surface area contributed by atoms with Gasteiger partial charge in [0.2, 0.25) is 0 Å². The van der Waals surface area contributed by atoms with Crippen molar-refractivity contribution in [3.05, 3.63) is 53.3 Å². The molecule has 1 aliphatic rings. The maximum atomic E-state index is 13.4. The van der Waals surface area contributed by atoms with Gasteiger partial charge in [-0.15, -0.1) is 5.10 Å². The van der Waals surface area contributed by atoms with Crippen LogP contribution in [-0.4, -0.2) is 51.2 Å². The molecule has 1 aromatic heterocycles. The standard InChI is InChI=1S/C22H24ClN5O2/c1-27(18-6-4-3-5-7-18)22(29)16-10-15(11-19(12-16)28-14-24-25-26-28)20-13-17(23)8-9-21(20)30-2/h8-14,18H,3-7H2,1-2H3. The number of aromatic nitrogens is 4. The van der Waals surface area contributed by atoms with Crippen LogP contribution < -0.4 is 4.74 Å². The number of benzene rings is 2. The normalized spacial score (nSPS) is 14.5. The first-order chi connectivity index (χ1) is 14.6. The van der Waals surface area contributed by atoms with Crippen LogP contribution in [0.1, 0.15) is 42.5 Å². The predicted octanol–water partition coefficient (Wildman–Crippen LogP) is 4.40. The maximum Gasteiger partial charge on any atom is 0.253 e. The van der Waals surface area contributed by atoms with Gasteiger partial charge in [-0.2, -0.15) is 0 Å². The summed E-state index contributed by atoms with van der Waals surface area (Å²) in [6.07, 6.45) is 7.17. The highest BCUT2D eigenvalue weighted by atomic mass is 35.5. The maximum absolute atomic E-state index is 13.4. The lowest BCUT2D eigenvalue weighted by atomic mass is 9.93. The fourth-order valence-corrected chi connectivity index (χ4v) is 4.22. The van der Waals surface area contributed by atoms with Crippen LogP contribution in [0, 0.1) is 0 Å². The molecule has 1 aliphatic carbocycles. The molecular formula is C22H24ClN5O2. The van der Waals surface area contributed by atoms with E-state index in [4.69, 9.17) is 16.3 Å². The molecule has 8 heteroatoms. The van der Waals surface area contributed by atoms with E-state index >= 15 is 0 Å². The molecule has 1 fully saturated rings. The summed E-state index contributed by atoms with van der Waals surface area (Å²) < 4.78 is 7.07. The van der Waals surface area contributed by atoms with E-state index in [1.54, 1.807) is 13.2 Å². The van der Waals surface area contributed by atoms with E-state index in [-0.39, 0.29) is 11.9 Å². The van der Waals surface area contributed by atoms with Crippen molar-refractivity contribution in [1.82, 2.24) is 25.1 Å². The van der Waals surface area contributed by atoms with E-state index in [9.17, 15) is 4.79 Å². The van der Waals surface area contributed by atoms with Crippen molar-refractivity contribution in [2.24, 2.45) is 0 Å². The predicted molar refractivity (Wildman–Crippen MR) is 115 cm³/mol. The Labute approximate surface area is 180 Å². The highest BCUT2D eigenvalue weighted by Gasteiger charge is 2.24. The number of ether oxygens (including phenoxy) is 1. The second-order valence-electron chi connectivity index (χ2n) is 7.58. The molecule has 4 rings (SSSR count). The lowest BCUT2D eigenvalue weighted by Crippen LogP contribution is -2.38. The number of hydrogen-bond donors (Lipinski definition) is 0. The van der Waals surface area contributed by atoms with Crippen molar-refractivity contribution in [2.45, 2.75) is 38.1 Å². The Morgan fingerprint density at radius 3 is 2.67 bits per heavy atom. The van der Waals surface area contributed by atoms with Gasteiger partial charge >= 0.3 is 0 Å².